The van der Waals surface area contributed by atoms with E-state index in [1.807, 2.05) is 13.0 Å². The van der Waals surface area contributed by atoms with Crippen LogP contribution in [-0.4, -0.2) is 5.11 Å². The Morgan fingerprint density at radius 2 is 2.17 bits per heavy atom. The molecule has 62 valence electrons. The van der Waals surface area contributed by atoms with Crippen LogP contribution >= 0.6 is 11.6 Å². The normalized spacial score (nSPS) is 12.2. The number of nitrogens with zero attached hydrogens (tertiary/aromatic N) is 1. The van der Waals surface area contributed by atoms with Gasteiger partial charge in [0, 0.05) is 0 Å². The molecular formula is C9H8ClNO. The molecule has 0 aliphatic carbocycles. The van der Waals surface area contributed by atoms with E-state index in [0.717, 1.165) is 5.56 Å². The van der Waals surface area contributed by atoms with Crippen molar-refractivity contribution in [2.75, 3.05) is 0 Å². The van der Waals surface area contributed by atoms with Crippen LogP contribution in [0.25, 0.3) is 0 Å². The van der Waals surface area contributed by atoms with Gasteiger partial charge in [0.2, 0.25) is 0 Å². The van der Waals surface area contributed by atoms with E-state index in [-0.39, 0.29) is 0 Å². The Labute approximate surface area is 76.0 Å². The lowest BCUT2D eigenvalue weighted by atomic mass is 10.1. The first-order valence-electron chi connectivity index (χ1n) is 3.47. The summed E-state index contributed by atoms with van der Waals surface area (Å²) in [6.07, 6.45) is 0. The highest BCUT2D eigenvalue weighted by atomic mass is 35.5. The summed E-state index contributed by atoms with van der Waals surface area (Å²) >= 11 is 5.45. The van der Waals surface area contributed by atoms with Crippen LogP contribution < -0.4 is 0 Å². The quantitative estimate of drug-likeness (QED) is 0.675. The van der Waals surface area contributed by atoms with Crippen LogP contribution in [0.15, 0.2) is 18.2 Å². The Kier molecular flexibility index (Phi) is 2.69. The van der Waals surface area contributed by atoms with E-state index >= 15 is 0 Å². The minimum atomic E-state index is -1.03. The molecule has 1 atom stereocenters. The maximum atomic E-state index is 9.02. The lowest BCUT2D eigenvalue weighted by Gasteiger charge is -2.03. The zero-order valence-corrected chi connectivity index (χ0v) is 7.34. The number of nitriles is 1. The molecule has 0 radical (unpaired) electrons. The molecule has 0 heterocycles. The summed E-state index contributed by atoms with van der Waals surface area (Å²) in [5.41, 5.74) is 0.971. The number of aliphatic hydroxyl groups is 1. The summed E-state index contributed by atoms with van der Waals surface area (Å²) in [7, 11) is 0. The molecular weight excluding hydrogens is 174 g/mol. The van der Waals surface area contributed by atoms with Crippen molar-refractivity contribution < 1.29 is 5.11 Å². The fraction of sp³-hybridized carbons (Fsp3) is 0.222. The number of aryl methyl sites for hydroxylation is 1. The Balaban J connectivity index is 3.17. The summed E-state index contributed by atoms with van der Waals surface area (Å²) in [5.74, 6) is 0. The van der Waals surface area contributed by atoms with Crippen molar-refractivity contribution in [3.63, 3.8) is 0 Å². The van der Waals surface area contributed by atoms with E-state index in [2.05, 4.69) is 0 Å². The molecule has 3 heteroatoms. The van der Waals surface area contributed by atoms with Crippen LogP contribution in [0.2, 0.25) is 0 Å². The Bertz CT molecular complexity index is 328. The van der Waals surface area contributed by atoms with Crippen LogP contribution in [0.1, 0.15) is 22.3 Å². The minimum absolute atomic E-state index is 0.518. The standard InChI is InChI=1S/C9H8ClNO/c1-6-2-7(5-11)4-8(3-6)9(10)12/h2-4,9,12H,1H3. The molecule has 1 rings (SSSR count). The maximum Gasteiger partial charge on any atom is 0.153 e. The van der Waals surface area contributed by atoms with Gasteiger partial charge in [0.15, 0.2) is 5.56 Å². The summed E-state index contributed by atoms with van der Waals surface area (Å²) in [6, 6.07) is 7.05. The molecule has 0 aliphatic rings. The van der Waals surface area contributed by atoms with Crippen molar-refractivity contribution in [1.82, 2.24) is 0 Å². The van der Waals surface area contributed by atoms with Gasteiger partial charge in [-0.3, -0.25) is 0 Å². The second-order valence-electron chi connectivity index (χ2n) is 2.58. The molecule has 1 N–H and O–H groups in total. The van der Waals surface area contributed by atoms with E-state index < -0.39 is 5.56 Å². The fourth-order valence-corrected chi connectivity index (χ4v) is 1.14. The SMILES string of the molecule is Cc1cc(C#N)cc(C(O)Cl)c1. The van der Waals surface area contributed by atoms with Gasteiger partial charge in [0.25, 0.3) is 0 Å². The molecule has 0 saturated heterocycles. The van der Waals surface area contributed by atoms with Gasteiger partial charge in [-0.2, -0.15) is 5.26 Å². The van der Waals surface area contributed by atoms with Gasteiger partial charge in [-0.15, -0.1) is 0 Å². The van der Waals surface area contributed by atoms with Gasteiger partial charge in [-0.25, -0.2) is 0 Å². The third kappa shape index (κ3) is 1.97. The molecule has 1 unspecified atom stereocenters. The van der Waals surface area contributed by atoms with Crippen molar-refractivity contribution in [3.8, 4) is 6.07 Å². The molecule has 0 aromatic heterocycles. The van der Waals surface area contributed by atoms with Crippen LogP contribution in [0.4, 0.5) is 0 Å². The number of hydrogen-bond donors (Lipinski definition) is 1. The fourth-order valence-electron chi connectivity index (χ4n) is 1.01. The van der Waals surface area contributed by atoms with Gasteiger partial charge in [0.05, 0.1) is 11.6 Å². The predicted molar refractivity (Wildman–Crippen MR) is 46.7 cm³/mol. The van der Waals surface area contributed by atoms with E-state index in [9.17, 15) is 0 Å². The van der Waals surface area contributed by atoms with Gasteiger partial charge >= 0.3 is 0 Å². The average molecular weight is 182 g/mol. The van der Waals surface area contributed by atoms with E-state index in [1.54, 1.807) is 18.2 Å². The van der Waals surface area contributed by atoms with Crippen LogP contribution in [0, 0.1) is 18.3 Å². The number of aliphatic hydroxyl groups excluding tert-OH is 1. The minimum Gasteiger partial charge on any atom is -0.373 e. The molecule has 0 spiro atoms. The third-order valence-electron chi connectivity index (χ3n) is 1.50. The largest absolute Gasteiger partial charge is 0.373 e. The molecule has 0 saturated carbocycles. The third-order valence-corrected chi connectivity index (χ3v) is 1.76. The topological polar surface area (TPSA) is 44.0 Å². The highest BCUT2D eigenvalue weighted by Crippen LogP contribution is 2.19. The van der Waals surface area contributed by atoms with Crippen molar-refractivity contribution in [3.05, 3.63) is 34.9 Å². The molecule has 1 aromatic rings. The van der Waals surface area contributed by atoms with Gasteiger partial charge in [-0.1, -0.05) is 17.7 Å². The Morgan fingerprint density at radius 3 is 2.67 bits per heavy atom. The van der Waals surface area contributed by atoms with Crippen LogP contribution in [0.3, 0.4) is 0 Å². The van der Waals surface area contributed by atoms with Gasteiger partial charge < -0.3 is 5.11 Å². The van der Waals surface area contributed by atoms with Crippen LogP contribution in [0.5, 0.6) is 0 Å². The molecule has 1 aromatic carbocycles. The van der Waals surface area contributed by atoms with Gasteiger partial charge in [0.1, 0.15) is 0 Å². The predicted octanol–water partition coefficient (Wildman–Crippen LogP) is 2.10. The average Bonchev–Trinajstić information content (AvgIpc) is 2.03. The van der Waals surface area contributed by atoms with Crippen molar-refractivity contribution in [2.45, 2.75) is 12.5 Å². The highest BCUT2D eigenvalue weighted by Gasteiger charge is 2.04. The first-order chi connectivity index (χ1) is 5.63. The van der Waals surface area contributed by atoms with E-state index in [4.69, 9.17) is 22.0 Å². The van der Waals surface area contributed by atoms with Crippen molar-refractivity contribution in [2.24, 2.45) is 0 Å². The molecule has 2 nitrogen and oxygen atoms in total. The van der Waals surface area contributed by atoms with Crippen LogP contribution in [-0.2, 0) is 0 Å². The highest BCUT2D eigenvalue weighted by molar-refractivity contribution is 6.19. The number of rotatable bonds is 1. The second kappa shape index (κ2) is 3.57. The van der Waals surface area contributed by atoms with Crippen molar-refractivity contribution >= 4 is 11.6 Å². The Morgan fingerprint density at radius 1 is 1.50 bits per heavy atom. The number of benzene rings is 1. The lowest BCUT2D eigenvalue weighted by molar-refractivity contribution is 0.263. The summed E-state index contributed by atoms with van der Waals surface area (Å²) < 4.78 is 0. The molecule has 0 amide bonds. The van der Waals surface area contributed by atoms with Crippen molar-refractivity contribution in [1.29, 1.82) is 5.26 Å². The van der Waals surface area contributed by atoms with E-state index in [0.29, 0.717) is 11.1 Å². The zero-order chi connectivity index (χ0) is 9.14. The molecule has 0 fully saturated rings. The molecule has 0 aliphatic heterocycles. The molecule has 0 bridgehead atoms. The zero-order valence-electron chi connectivity index (χ0n) is 6.58. The first-order valence-corrected chi connectivity index (χ1v) is 3.91. The van der Waals surface area contributed by atoms with E-state index in [1.165, 1.54) is 0 Å². The summed E-state index contributed by atoms with van der Waals surface area (Å²) in [5, 5.41) is 17.6. The van der Waals surface area contributed by atoms with Gasteiger partial charge in [-0.05, 0) is 30.2 Å². The second-order valence-corrected chi connectivity index (χ2v) is 2.99. The number of alkyl halides is 1. The summed E-state index contributed by atoms with van der Waals surface area (Å²) in [4.78, 5) is 0. The number of hydrogen-bond acceptors (Lipinski definition) is 2. The first kappa shape index (κ1) is 9.05. The monoisotopic (exact) mass is 181 g/mol. The molecule has 12 heavy (non-hydrogen) atoms. The number of halogens is 1. The smallest absolute Gasteiger partial charge is 0.153 e. The summed E-state index contributed by atoms with van der Waals surface area (Å²) in [6.45, 7) is 1.85. The maximum absolute atomic E-state index is 9.02. The lowest BCUT2D eigenvalue weighted by Crippen LogP contribution is -1.90. The Hall–Kier alpha value is -1.04.